The van der Waals surface area contributed by atoms with Crippen LogP contribution < -0.4 is 20.7 Å². The lowest BCUT2D eigenvalue weighted by molar-refractivity contribution is -0.126. The maximum absolute atomic E-state index is 12.4. The smallest absolute Gasteiger partial charge is 0.223 e. The molecule has 166 valence electrons. The van der Waals surface area contributed by atoms with Crippen LogP contribution >= 0.6 is 0 Å². The molecule has 30 heavy (non-hydrogen) atoms. The summed E-state index contributed by atoms with van der Waals surface area (Å²) in [6.07, 6.45) is 6.27. The molecule has 2 unspecified atom stereocenters. The van der Waals surface area contributed by atoms with Gasteiger partial charge in [-0.05, 0) is 45.1 Å². The highest BCUT2D eigenvalue weighted by Crippen LogP contribution is 2.26. The van der Waals surface area contributed by atoms with E-state index in [0.717, 1.165) is 62.3 Å². The zero-order valence-corrected chi connectivity index (χ0v) is 18.3. The second-order valence-electron chi connectivity index (χ2n) is 8.11. The zero-order valence-electron chi connectivity index (χ0n) is 18.3. The molecule has 3 rings (SSSR count). The first-order chi connectivity index (χ1) is 14.7. The summed E-state index contributed by atoms with van der Waals surface area (Å²) in [6.45, 7) is 4.47. The highest BCUT2D eigenvalue weighted by Gasteiger charge is 2.31. The van der Waals surface area contributed by atoms with E-state index in [0.29, 0.717) is 25.8 Å². The van der Waals surface area contributed by atoms with Crippen molar-refractivity contribution in [2.45, 2.75) is 64.1 Å². The largest absolute Gasteiger partial charge is 0.496 e. The number of carbonyl (C=O) groups excluding carboxylic acids is 1. The molecule has 0 bridgehead atoms. The SMILES string of the molecule is CCNC(=NCCOCc1ccccc1OC)NC1CCCC(C(=O)NC2CC2)C1. The van der Waals surface area contributed by atoms with Crippen LogP contribution in [-0.2, 0) is 16.1 Å². The van der Waals surface area contributed by atoms with E-state index < -0.39 is 0 Å². The number of methoxy groups -OCH3 is 1. The number of guanidine groups is 1. The Hall–Kier alpha value is -2.28. The summed E-state index contributed by atoms with van der Waals surface area (Å²) in [4.78, 5) is 17.0. The number of hydrogen-bond acceptors (Lipinski definition) is 4. The predicted octanol–water partition coefficient (Wildman–Crippen LogP) is 2.60. The van der Waals surface area contributed by atoms with Gasteiger partial charge in [0.2, 0.25) is 5.91 Å². The lowest BCUT2D eigenvalue weighted by Crippen LogP contribution is -2.47. The minimum Gasteiger partial charge on any atom is -0.496 e. The Morgan fingerprint density at radius 1 is 1.13 bits per heavy atom. The fraction of sp³-hybridized carbons (Fsp3) is 0.652. The average molecular weight is 417 g/mol. The minimum atomic E-state index is 0.115. The zero-order chi connectivity index (χ0) is 21.2. The Kier molecular flexibility index (Phi) is 8.81. The number of ether oxygens (including phenoxy) is 2. The number of para-hydroxylation sites is 1. The molecular formula is C23H36N4O3. The first kappa shape index (κ1) is 22.4. The summed E-state index contributed by atoms with van der Waals surface area (Å²) in [5, 5.41) is 9.98. The molecule has 2 aliphatic rings. The van der Waals surface area contributed by atoms with Gasteiger partial charge >= 0.3 is 0 Å². The molecule has 0 aliphatic heterocycles. The van der Waals surface area contributed by atoms with Gasteiger partial charge in [0, 0.05) is 30.1 Å². The second kappa shape index (κ2) is 11.8. The molecule has 0 aromatic heterocycles. The number of hydrogen-bond donors (Lipinski definition) is 3. The molecule has 0 spiro atoms. The lowest BCUT2D eigenvalue weighted by Gasteiger charge is -2.30. The van der Waals surface area contributed by atoms with Gasteiger partial charge in [-0.3, -0.25) is 9.79 Å². The van der Waals surface area contributed by atoms with Crippen LogP contribution in [0, 0.1) is 5.92 Å². The first-order valence-electron chi connectivity index (χ1n) is 11.2. The van der Waals surface area contributed by atoms with Crippen LogP contribution in [-0.4, -0.2) is 50.8 Å². The summed E-state index contributed by atoms with van der Waals surface area (Å²) in [7, 11) is 1.67. The molecule has 1 aromatic carbocycles. The van der Waals surface area contributed by atoms with E-state index in [-0.39, 0.29) is 17.9 Å². The Morgan fingerprint density at radius 2 is 1.97 bits per heavy atom. The highest BCUT2D eigenvalue weighted by molar-refractivity contribution is 5.81. The fourth-order valence-corrected chi connectivity index (χ4v) is 3.85. The third-order valence-corrected chi connectivity index (χ3v) is 5.61. The van der Waals surface area contributed by atoms with Crippen LogP contribution in [0.25, 0.3) is 0 Å². The molecule has 1 amide bonds. The third kappa shape index (κ3) is 7.20. The van der Waals surface area contributed by atoms with E-state index >= 15 is 0 Å². The number of nitrogens with zero attached hydrogens (tertiary/aromatic N) is 1. The standard InChI is InChI=1S/C23H36N4O3/c1-3-24-23(25-13-14-30-16-18-7-4-5-10-21(18)29-2)27-20-9-6-8-17(15-20)22(28)26-19-11-12-19/h4-5,7,10,17,19-20H,3,6,8-9,11-16H2,1-2H3,(H,26,28)(H2,24,25,27). The summed E-state index contributed by atoms with van der Waals surface area (Å²) in [6, 6.07) is 8.59. The average Bonchev–Trinajstić information content (AvgIpc) is 3.58. The molecule has 1 aromatic rings. The van der Waals surface area contributed by atoms with E-state index in [1.54, 1.807) is 7.11 Å². The summed E-state index contributed by atoms with van der Waals surface area (Å²) < 4.78 is 11.1. The van der Waals surface area contributed by atoms with Crippen LogP contribution in [0.15, 0.2) is 29.3 Å². The molecule has 3 N–H and O–H groups in total. The molecule has 0 radical (unpaired) electrons. The summed E-state index contributed by atoms with van der Waals surface area (Å²) >= 11 is 0. The topological polar surface area (TPSA) is 84.0 Å². The molecular weight excluding hydrogens is 380 g/mol. The third-order valence-electron chi connectivity index (χ3n) is 5.61. The predicted molar refractivity (Wildman–Crippen MR) is 119 cm³/mol. The van der Waals surface area contributed by atoms with Crippen molar-refractivity contribution < 1.29 is 14.3 Å². The van der Waals surface area contributed by atoms with Gasteiger partial charge in [0.15, 0.2) is 5.96 Å². The van der Waals surface area contributed by atoms with Crippen molar-refractivity contribution in [3.05, 3.63) is 29.8 Å². The normalized spacial score (nSPS) is 21.7. The monoisotopic (exact) mass is 416 g/mol. The van der Waals surface area contributed by atoms with E-state index in [9.17, 15) is 4.79 Å². The van der Waals surface area contributed by atoms with E-state index in [4.69, 9.17) is 9.47 Å². The van der Waals surface area contributed by atoms with Crippen LogP contribution in [0.5, 0.6) is 5.75 Å². The highest BCUT2D eigenvalue weighted by atomic mass is 16.5. The lowest BCUT2D eigenvalue weighted by atomic mass is 9.85. The molecule has 7 nitrogen and oxygen atoms in total. The van der Waals surface area contributed by atoms with Crippen LogP contribution in [0.2, 0.25) is 0 Å². The van der Waals surface area contributed by atoms with E-state index in [2.05, 4.69) is 27.9 Å². The Bertz CT molecular complexity index is 705. The van der Waals surface area contributed by atoms with Crippen molar-refractivity contribution in [3.63, 3.8) is 0 Å². The van der Waals surface area contributed by atoms with Crippen molar-refractivity contribution in [3.8, 4) is 5.75 Å². The Labute approximate surface area is 180 Å². The number of benzene rings is 1. The number of rotatable bonds is 10. The molecule has 0 saturated heterocycles. The van der Waals surface area contributed by atoms with Gasteiger partial charge in [-0.15, -0.1) is 0 Å². The number of nitrogens with one attached hydrogen (secondary N) is 3. The molecule has 2 saturated carbocycles. The molecule has 2 aliphatic carbocycles. The fourth-order valence-electron chi connectivity index (χ4n) is 3.85. The number of carbonyl (C=O) groups is 1. The van der Waals surface area contributed by atoms with Crippen molar-refractivity contribution in [1.29, 1.82) is 0 Å². The molecule has 7 heteroatoms. The quantitative estimate of drug-likeness (QED) is 0.310. The van der Waals surface area contributed by atoms with Crippen LogP contribution in [0.3, 0.4) is 0 Å². The number of aliphatic imine (C=N–C) groups is 1. The maximum Gasteiger partial charge on any atom is 0.223 e. The molecule has 2 fully saturated rings. The van der Waals surface area contributed by atoms with Crippen molar-refractivity contribution in [2.24, 2.45) is 10.9 Å². The van der Waals surface area contributed by atoms with Gasteiger partial charge in [0.25, 0.3) is 0 Å². The minimum absolute atomic E-state index is 0.115. The van der Waals surface area contributed by atoms with Crippen LogP contribution in [0.4, 0.5) is 0 Å². The van der Waals surface area contributed by atoms with Crippen LogP contribution in [0.1, 0.15) is 51.0 Å². The first-order valence-corrected chi connectivity index (χ1v) is 11.2. The van der Waals surface area contributed by atoms with Crippen molar-refractivity contribution in [2.75, 3.05) is 26.8 Å². The van der Waals surface area contributed by atoms with Gasteiger partial charge in [-0.2, -0.15) is 0 Å². The van der Waals surface area contributed by atoms with E-state index in [1.165, 1.54) is 0 Å². The van der Waals surface area contributed by atoms with Gasteiger partial charge < -0.3 is 25.4 Å². The van der Waals surface area contributed by atoms with Gasteiger partial charge in [-0.25, -0.2) is 0 Å². The van der Waals surface area contributed by atoms with Crippen molar-refractivity contribution >= 4 is 11.9 Å². The second-order valence-corrected chi connectivity index (χ2v) is 8.11. The maximum atomic E-state index is 12.4. The molecule has 0 heterocycles. The van der Waals surface area contributed by atoms with E-state index in [1.807, 2.05) is 24.3 Å². The Balaban J connectivity index is 1.42. The number of amides is 1. The molecule has 2 atom stereocenters. The van der Waals surface area contributed by atoms with Gasteiger partial charge in [-0.1, -0.05) is 24.6 Å². The van der Waals surface area contributed by atoms with Crippen molar-refractivity contribution in [1.82, 2.24) is 16.0 Å². The Morgan fingerprint density at radius 3 is 2.73 bits per heavy atom. The summed E-state index contributed by atoms with van der Waals surface area (Å²) in [5.41, 5.74) is 1.03. The van der Waals surface area contributed by atoms with Gasteiger partial charge in [0.1, 0.15) is 5.75 Å². The van der Waals surface area contributed by atoms with Gasteiger partial charge in [0.05, 0.1) is 26.9 Å². The summed E-state index contributed by atoms with van der Waals surface area (Å²) in [5.74, 6) is 1.99.